The van der Waals surface area contributed by atoms with Crippen molar-refractivity contribution in [1.82, 2.24) is 0 Å². The standard InChI is InChI=1S/C17H13F3N2O/c18-12-3-2-11(8-13(12)19)17-16(5-6-23-17)22-15-4-1-10(9-21)7-14(15)20/h1-4,7-8,16-17,22H,5-6H2. The first kappa shape index (κ1) is 15.4. The highest BCUT2D eigenvalue weighted by atomic mass is 19.2. The number of nitrogens with one attached hydrogen (secondary N) is 1. The maximum Gasteiger partial charge on any atom is 0.159 e. The average Bonchev–Trinajstić information content (AvgIpc) is 3.00. The lowest BCUT2D eigenvalue weighted by atomic mass is 10.0. The summed E-state index contributed by atoms with van der Waals surface area (Å²) in [6.07, 6.45) is 0.100. The fourth-order valence-electron chi connectivity index (χ4n) is 2.66. The molecule has 0 saturated carbocycles. The molecule has 2 aromatic carbocycles. The summed E-state index contributed by atoms with van der Waals surface area (Å²) in [4.78, 5) is 0. The normalized spacial score (nSPS) is 20.3. The Hall–Kier alpha value is -2.52. The minimum Gasteiger partial charge on any atom is -0.377 e. The zero-order chi connectivity index (χ0) is 16.4. The first-order valence-corrected chi connectivity index (χ1v) is 7.11. The second-order valence-corrected chi connectivity index (χ2v) is 5.31. The number of hydrogen-bond acceptors (Lipinski definition) is 3. The Morgan fingerprint density at radius 1 is 1.04 bits per heavy atom. The molecule has 2 unspecified atom stereocenters. The van der Waals surface area contributed by atoms with Crippen LogP contribution in [0.5, 0.6) is 0 Å². The largest absolute Gasteiger partial charge is 0.377 e. The van der Waals surface area contributed by atoms with Crippen molar-refractivity contribution in [3.05, 3.63) is 65.0 Å². The van der Waals surface area contributed by atoms with Crippen molar-refractivity contribution in [2.24, 2.45) is 0 Å². The Bertz CT molecular complexity index is 773. The smallest absolute Gasteiger partial charge is 0.159 e. The molecule has 1 aliphatic rings. The van der Waals surface area contributed by atoms with Crippen LogP contribution in [0.3, 0.4) is 0 Å². The molecule has 23 heavy (non-hydrogen) atoms. The van der Waals surface area contributed by atoms with Crippen molar-refractivity contribution in [1.29, 1.82) is 5.26 Å². The van der Waals surface area contributed by atoms with Crippen molar-refractivity contribution in [3.63, 3.8) is 0 Å². The summed E-state index contributed by atoms with van der Waals surface area (Å²) in [5.74, 6) is -2.41. The molecule has 118 valence electrons. The molecular weight excluding hydrogens is 305 g/mol. The molecule has 3 nitrogen and oxygen atoms in total. The van der Waals surface area contributed by atoms with Crippen LogP contribution in [0.4, 0.5) is 18.9 Å². The highest BCUT2D eigenvalue weighted by Crippen LogP contribution is 2.32. The molecule has 3 rings (SSSR count). The van der Waals surface area contributed by atoms with Gasteiger partial charge in [-0.1, -0.05) is 6.07 Å². The third kappa shape index (κ3) is 3.15. The molecule has 0 aromatic heterocycles. The topological polar surface area (TPSA) is 45.0 Å². The highest BCUT2D eigenvalue weighted by molar-refractivity contribution is 5.50. The van der Waals surface area contributed by atoms with Crippen molar-refractivity contribution < 1.29 is 17.9 Å². The first-order valence-electron chi connectivity index (χ1n) is 7.11. The number of halogens is 3. The number of ether oxygens (including phenoxy) is 1. The van der Waals surface area contributed by atoms with E-state index in [4.69, 9.17) is 10.00 Å². The fraction of sp³-hybridized carbons (Fsp3) is 0.235. The molecule has 0 bridgehead atoms. The predicted molar refractivity (Wildman–Crippen MR) is 78.2 cm³/mol. The number of hydrogen-bond donors (Lipinski definition) is 1. The summed E-state index contributed by atoms with van der Waals surface area (Å²) >= 11 is 0. The van der Waals surface area contributed by atoms with Gasteiger partial charge in [-0.2, -0.15) is 5.26 Å². The van der Waals surface area contributed by atoms with Crippen molar-refractivity contribution in [2.75, 3.05) is 11.9 Å². The fourth-order valence-corrected chi connectivity index (χ4v) is 2.66. The average molecular weight is 318 g/mol. The van der Waals surface area contributed by atoms with E-state index in [2.05, 4.69) is 5.32 Å². The lowest BCUT2D eigenvalue weighted by Crippen LogP contribution is -2.24. The third-order valence-corrected chi connectivity index (χ3v) is 3.80. The summed E-state index contributed by atoms with van der Waals surface area (Å²) in [5, 5.41) is 11.8. The van der Waals surface area contributed by atoms with E-state index in [1.807, 2.05) is 6.07 Å². The van der Waals surface area contributed by atoms with Crippen LogP contribution in [0.15, 0.2) is 36.4 Å². The van der Waals surface area contributed by atoms with Crippen LogP contribution < -0.4 is 5.32 Å². The van der Waals surface area contributed by atoms with Crippen molar-refractivity contribution in [3.8, 4) is 6.07 Å². The second-order valence-electron chi connectivity index (χ2n) is 5.31. The molecule has 0 spiro atoms. The monoisotopic (exact) mass is 318 g/mol. The maximum atomic E-state index is 14.0. The van der Waals surface area contributed by atoms with E-state index in [1.54, 1.807) is 0 Å². The van der Waals surface area contributed by atoms with Gasteiger partial charge in [0.25, 0.3) is 0 Å². The zero-order valence-corrected chi connectivity index (χ0v) is 12.0. The van der Waals surface area contributed by atoms with Crippen molar-refractivity contribution >= 4 is 5.69 Å². The number of rotatable bonds is 3. The molecule has 0 aliphatic carbocycles. The summed E-state index contributed by atoms with van der Waals surface area (Å²) in [6.45, 7) is 0.430. The second kappa shape index (κ2) is 6.31. The highest BCUT2D eigenvalue weighted by Gasteiger charge is 2.30. The molecule has 2 atom stereocenters. The molecule has 2 aromatic rings. The van der Waals surface area contributed by atoms with Gasteiger partial charge in [0.1, 0.15) is 11.9 Å². The molecule has 1 fully saturated rings. The molecule has 0 amide bonds. The summed E-state index contributed by atoms with van der Waals surface area (Å²) in [6, 6.07) is 9.32. The minimum atomic E-state index is -0.943. The van der Waals surface area contributed by atoms with Gasteiger partial charge in [-0.15, -0.1) is 0 Å². The van der Waals surface area contributed by atoms with Gasteiger partial charge in [0, 0.05) is 6.61 Å². The molecule has 1 N–H and O–H groups in total. The molecule has 1 heterocycles. The Morgan fingerprint density at radius 2 is 1.87 bits per heavy atom. The summed E-state index contributed by atoms with van der Waals surface area (Å²) in [7, 11) is 0. The SMILES string of the molecule is N#Cc1ccc(NC2CCOC2c2ccc(F)c(F)c2)c(F)c1. The van der Waals surface area contributed by atoms with E-state index >= 15 is 0 Å². The van der Waals surface area contributed by atoms with Crippen molar-refractivity contribution in [2.45, 2.75) is 18.6 Å². The van der Waals surface area contributed by atoms with Gasteiger partial charge in [-0.25, -0.2) is 13.2 Å². The first-order chi connectivity index (χ1) is 11.1. The van der Waals surface area contributed by atoms with Crippen LogP contribution in [0.1, 0.15) is 23.7 Å². The number of anilines is 1. The van der Waals surface area contributed by atoms with Gasteiger partial charge in [0.2, 0.25) is 0 Å². The Morgan fingerprint density at radius 3 is 2.57 bits per heavy atom. The van der Waals surface area contributed by atoms with Gasteiger partial charge in [-0.05, 0) is 42.3 Å². The summed E-state index contributed by atoms with van der Waals surface area (Å²) in [5.41, 5.74) is 0.966. The van der Waals surface area contributed by atoms with E-state index in [1.165, 1.54) is 18.2 Å². The quantitative estimate of drug-likeness (QED) is 0.933. The van der Waals surface area contributed by atoms with E-state index in [-0.39, 0.29) is 17.3 Å². The van der Waals surface area contributed by atoms with Gasteiger partial charge in [0.15, 0.2) is 11.6 Å². The van der Waals surface area contributed by atoms with E-state index < -0.39 is 23.6 Å². The van der Waals surface area contributed by atoms with Crippen LogP contribution in [0.2, 0.25) is 0 Å². The predicted octanol–water partition coefficient (Wildman–Crippen LogP) is 3.92. The Balaban J connectivity index is 1.82. The molecule has 6 heteroatoms. The van der Waals surface area contributed by atoms with Crippen LogP contribution >= 0.6 is 0 Å². The van der Waals surface area contributed by atoms with Gasteiger partial charge < -0.3 is 10.1 Å². The molecular formula is C17H13F3N2O. The van der Waals surface area contributed by atoms with Gasteiger partial charge in [0.05, 0.1) is 23.4 Å². The van der Waals surface area contributed by atoms with Crippen LogP contribution in [0, 0.1) is 28.8 Å². The Labute approximate surface area is 131 Å². The van der Waals surface area contributed by atoms with Gasteiger partial charge in [-0.3, -0.25) is 0 Å². The zero-order valence-electron chi connectivity index (χ0n) is 12.0. The molecule has 1 saturated heterocycles. The Kier molecular flexibility index (Phi) is 4.22. The van der Waals surface area contributed by atoms with Gasteiger partial charge >= 0.3 is 0 Å². The molecule has 1 aliphatic heterocycles. The van der Waals surface area contributed by atoms with E-state index in [9.17, 15) is 13.2 Å². The van der Waals surface area contributed by atoms with E-state index in [0.717, 1.165) is 18.2 Å². The maximum absolute atomic E-state index is 14.0. The minimum absolute atomic E-state index is 0.230. The van der Waals surface area contributed by atoms with Crippen LogP contribution in [-0.2, 0) is 4.74 Å². The number of nitriles is 1. The lowest BCUT2D eigenvalue weighted by molar-refractivity contribution is 0.107. The van der Waals surface area contributed by atoms with Crippen LogP contribution in [-0.4, -0.2) is 12.6 Å². The van der Waals surface area contributed by atoms with Crippen LogP contribution in [0.25, 0.3) is 0 Å². The number of nitrogens with zero attached hydrogens (tertiary/aromatic N) is 1. The van der Waals surface area contributed by atoms with E-state index in [0.29, 0.717) is 18.6 Å². The number of benzene rings is 2. The lowest BCUT2D eigenvalue weighted by Gasteiger charge is -2.21. The summed E-state index contributed by atoms with van der Waals surface area (Å²) < 4.78 is 46.0. The third-order valence-electron chi connectivity index (χ3n) is 3.80. The molecule has 0 radical (unpaired) electrons.